The van der Waals surface area contributed by atoms with E-state index in [9.17, 15) is 0 Å². The largest absolute Gasteiger partial charge is 0.384 e. The van der Waals surface area contributed by atoms with Gasteiger partial charge in [-0.05, 0) is 6.07 Å². The Morgan fingerprint density at radius 3 is 2.76 bits per heavy atom. The molecule has 1 aromatic carbocycles. The molecule has 5 heteroatoms. The molecule has 0 fully saturated rings. The zero-order valence-corrected chi connectivity index (χ0v) is 9.04. The van der Waals surface area contributed by atoms with E-state index in [0.29, 0.717) is 5.82 Å². The highest BCUT2D eigenvalue weighted by Crippen LogP contribution is 2.29. The molecule has 0 amide bonds. The van der Waals surface area contributed by atoms with Gasteiger partial charge in [0, 0.05) is 23.5 Å². The van der Waals surface area contributed by atoms with Crippen molar-refractivity contribution in [2.24, 2.45) is 0 Å². The number of nitrogens with one attached hydrogen (secondary N) is 1. The number of nitrogen functional groups attached to an aromatic ring is 1. The molecule has 0 saturated carbocycles. The predicted molar refractivity (Wildman–Crippen MR) is 65.6 cm³/mol. The first kappa shape index (κ1) is 9.65. The van der Waals surface area contributed by atoms with E-state index in [4.69, 9.17) is 5.73 Å². The fraction of sp³-hybridized carbons (Fsp3) is 0. The molecular weight excluding hydrogens is 214 g/mol. The molecule has 5 nitrogen and oxygen atoms in total. The first-order valence-corrected chi connectivity index (χ1v) is 5.23. The molecule has 84 valence electrons. The van der Waals surface area contributed by atoms with Crippen molar-refractivity contribution in [3.8, 4) is 16.8 Å². The normalized spacial score (nSPS) is 10.6. The molecule has 0 aliphatic heterocycles. The minimum atomic E-state index is 0.567. The third kappa shape index (κ3) is 1.57. The molecule has 3 rings (SSSR count). The van der Waals surface area contributed by atoms with Crippen molar-refractivity contribution in [3.63, 3.8) is 0 Å². The van der Waals surface area contributed by atoms with E-state index in [1.165, 1.54) is 0 Å². The topological polar surface area (TPSA) is 72.5 Å². The van der Waals surface area contributed by atoms with Crippen LogP contribution in [-0.2, 0) is 0 Å². The highest BCUT2D eigenvalue weighted by molar-refractivity contribution is 5.79. The summed E-state index contributed by atoms with van der Waals surface area (Å²) in [5, 5.41) is 6.69. The van der Waals surface area contributed by atoms with E-state index in [1.54, 1.807) is 18.7 Å². The zero-order chi connectivity index (χ0) is 11.7. The summed E-state index contributed by atoms with van der Waals surface area (Å²) < 4.78 is 1.95. The second kappa shape index (κ2) is 3.79. The van der Waals surface area contributed by atoms with Crippen LogP contribution in [0.15, 0.2) is 49.2 Å². The summed E-state index contributed by atoms with van der Waals surface area (Å²) in [5.74, 6) is 0.567. The summed E-state index contributed by atoms with van der Waals surface area (Å²) in [4.78, 5) is 4.05. The highest BCUT2D eigenvalue weighted by Gasteiger charge is 2.10. The molecule has 0 spiro atoms. The fourth-order valence-corrected chi connectivity index (χ4v) is 1.84. The standard InChI is InChI=1S/C12H11N5/c13-12-10(7-15-16-12)9-3-1-2-4-11(9)17-6-5-14-8-17/h1-8H,(H3,13,15,16). The van der Waals surface area contributed by atoms with E-state index < -0.39 is 0 Å². The van der Waals surface area contributed by atoms with Gasteiger partial charge in [0.15, 0.2) is 0 Å². The monoisotopic (exact) mass is 225 g/mol. The number of benzene rings is 1. The lowest BCUT2D eigenvalue weighted by Gasteiger charge is -2.08. The number of hydrogen-bond acceptors (Lipinski definition) is 3. The van der Waals surface area contributed by atoms with Crippen molar-refractivity contribution in [1.82, 2.24) is 19.7 Å². The fourth-order valence-electron chi connectivity index (χ4n) is 1.84. The van der Waals surface area contributed by atoms with Crippen molar-refractivity contribution >= 4 is 5.82 Å². The van der Waals surface area contributed by atoms with Crippen LogP contribution in [0.5, 0.6) is 0 Å². The molecule has 2 aromatic heterocycles. The van der Waals surface area contributed by atoms with Gasteiger partial charge < -0.3 is 10.3 Å². The van der Waals surface area contributed by atoms with Crippen LogP contribution >= 0.6 is 0 Å². The third-order valence-electron chi connectivity index (χ3n) is 2.65. The molecule has 0 unspecified atom stereocenters. The summed E-state index contributed by atoms with van der Waals surface area (Å²) in [5.41, 5.74) is 8.80. The summed E-state index contributed by atoms with van der Waals surface area (Å²) >= 11 is 0. The van der Waals surface area contributed by atoms with Gasteiger partial charge in [-0.1, -0.05) is 18.2 Å². The SMILES string of the molecule is Nc1[nH]ncc1-c1ccccc1-n1ccnc1. The Bertz CT molecular complexity index is 624. The average Bonchev–Trinajstić information content (AvgIpc) is 3.00. The predicted octanol–water partition coefficient (Wildman–Crippen LogP) is 1.84. The van der Waals surface area contributed by atoms with Crippen molar-refractivity contribution in [1.29, 1.82) is 0 Å². The maximum Gasteiger partial charge on any atom is 0.126 e. The van der Waals surface area contributed by atoms with Crippen LogP contribution in [0.25, 0.3) is 16.8 Å². The van der Waals surface area contributed by atoms with Crippen LogP contribution in [0.4, 0.5) is 5.82 Å². The molecule has 3 aromatic rings. The summed E-state index contributed by atoms with van der Waals surface area (Å²) in [6.45, 7) is 0. The Morgan fingerprint density at radius 1 is 1.18 bits per heavy atom. The zero-order valence-electron chi connectivity index (χ0n) is 9.04. The van der Waals surface area contributed by atoms with Crippen LogP contribution < -0.4 is 5.73 Å². The smallest absolute Gasteiger partial charge is 0.126 e. The number of hydrogen-bond donors (Lipinski definition) is 2. The Morgan fingerprint density at radius 2 is 2.06 bits per heavy atom. The number of aromatic amines is 1. The average molecular weight is 225 g/mol. The number of rotatable bonds is 2. The van der Waals surface area contributed by atoms with Crippen molar-refractivity contribution in [2.75, 3.05) is 5.73 Å². The molecule has 0 atom stereocenters. The molecule has 17 heavy (non-hydrogen) atoms. The van der Waals surface area contributed by atoms with Gasteiger partial charge in [-0.3, -0.25) is 5.10 Å². The number of anilines is 1. The maximum atomic E-state index is 5.85. The van der Waals surface area contributed by atoms with Crippen LogP contribution in [0.3, 0.4) is 0 Å². The highest BCUT2D eigenvalue weighted by atomic mass is 15.1. The van der Waals surface area contributed by atoms with E-state index in [0.717, 1.165) is 16.8 Å². The van der Waals surface area contributed by atoms with E-state index in [1.807, 2.05) is 35.0 Å². The van der Waals surface area contributed by atoms with E-state index in [-0.39, 0.29) is 0 Å². The number of H-pyrrole nitrogens is 1. The lowest BCUT2D eigenvalue weighted by Crippen LogP contribution is -1.95. The second-order valence-corrected chi connectivity index (χ2v) is 3.68. The molecule has 2 heterocycles. The van der Waals surface area contributed by atoms with Crippen LogP contribution in [-0.4, -0.2) is 19.7 Å². The maximum absolute atomic E-state index is 5.85. The molecule has 3 N–H and O–H groups in total. The summed E-state index contributed by atoms with van der Waals surface area (Å²) in [6.07, 6.45) is 7.13. The molecule has 0 aliphatic rings. The number of nitrogens with two attached hydrogens (primary N) is 1. The van der Waals surface area contributed by atoms with Gasteiger partial charge in [0.05, 0.1) is 18.2 Å². The Balaban J connectivity index is 2.22. The number of nitrogens with zero attached hydrogens (tertiary/aromatic N) is 3. The minimum absolute atomic E-state index is 0.567. The molecule has 0 bridgehead atoms. The molecule has 0 aliphatic carbocycles. The second-order valence-electron chi connectivity index (χ2n) is 3.68. The first-order valence-electron chi connectivity index (χ1n) is 5.23. The van der Waals surface area contributed by atoms with Crippen molar-refractivity contribution in [2.45, 2.75) is 0 Å². The van der Waals surface area contributed by atoms with Gasteiger partial charge >= 0.3 is 0 Å². The van der Waals surface area contributed by atoms with Gasteiger partial charge in [-0.15, -0.1) is 0 Å². The van der Waals surface area contributed by atoms with Crippen LogP contribution in [0, 0.1) is 0 Å². The van der Waals surface area contributed by atoms with Gasteiger partial charge in [0.1, 0.15) is 5.82 Å². The molecule has 0 radical (unpaired) electrons. The molecular formula is C12H11N5. The van der Waals surface area contributed by atoms with Gasteiger partial charge in [-0.25, -0.2) is 4.98 Å². The lowest BCUT2D eigenvalue weighted by atomic mass is 10.1. The Labute approximate surface area is 97.9 Å². The van der Waals surface area contributed by atoms with Crippen molar-refractivity contribution < 1.29 is 0 Å². The van der Waals surface area contributed by atoms with E-state index >= 15 is 0 Å². The number of imidazole rings is 1. The number of aromatic nitrogens is 4. The minimum Gasteiger partial charge on any atom is -0.384 e. The van der Waals surface area contributed by atoms with Gasteiger partial charge in [0.25, 0.3) is 0 Å². The summed E-state index contributed by atoms with van der Waals surface area (Å²) in [7, 11) is 0. The molecule has 0 saturated heterocycles. The summed E-state index contributed by atoms with van der Waals surface area (Å²) in [6, 6.07) is 7.98. The quantitative estimate of drug-likeness (QED) is 0.699. The van der Waals surface area contributed by atoms with Gasteiger partial charge in [-0.2, -0.15) is 5.10 Å². The van der Waals surface area contributed by atoms with Crippen molar-refractivity contribution in [3.05, 3.63) is 49.2 Å². The van der Waals surface area contributed by atoms with Crippen LogP contribution in [0.2, 0.25) is 0 Å². The van der Waals surface area contributed by atoms with Crippen LogP contribution in [0.1, 0.15) is 0 Å². The lowest BCUT2D eigenvalue weighted by molar-refractivity contribution is 1.06. The van der Waals surface area contributed by atoms with E-state index in [2.05, 4.69) is 15.2 Å². The van der Waals surface area contributed by atoms with Gasteiger partial charge in [0.2, 0.25) is 0 Å². The Hall–Kier alpha value is -2.56. The Kier molecular flexibility index (Phi) is 2.15. The third-order valence-corrected chi connectivity index (χ3v) is 2.65. The number of para-hydroxylation sites is 1. The first-order chi connectivity index (χ1) is 8.36.